The predicted octanol–water partition coefficient (Wildman–Crippen LogP) is 3.71. The third-order valence-corrected chi connectivity index (χ3v) is 6.66. The zero-order valence-electron chi connectivity index (χ0n) is 25.7. The minimum atomic E-state index is -0.517. The Balaban J connectivity index is 1.82. The summed E-state index contributed by atoms with van der Waals surface area (Å²) >= 11 is 0. The average molecular weight is 587 g/mol. The first-order chi connectivity index (χ1) is 20.5. The molecule has 0 atom stereocenters. The van der Waals surface area contributed by atoms with Gasteiger partial charge in [-0.2, -0.15) is 4.98 Å². The number of anilines is 2. The molecule has 12 nitrogen and oxygen atoms in total. The van der Waals surface area contributed by atoms with Gasteiger partial charge in [0.2, 0.25) is 11.8 Å². The second kappa shape index (κ2) is 13.4. The van der Waals surface area contributed by atoms with E-state index in [1.54, 1.807) is 26.1 Å². The Labute approximate surface area is 251 Å². The zero-order valence-corrected chi connectivity index (χ0v) is 25.7. The number of hydrogen-bond donors (Lipinski definition) is 1. The van der Waals surface area contributed by atoms with E-state index < -0.39 is 5.97 Å². The van der Waals surface area contributed by atoms with E-state index >= 15 is 0 Å². The van der Waals surface area contributed by atoms with Crippen molar-refractivity contribution in [2.24, 2.45) is 7.05 Å². The Morgan fingerprint density at radius 3 is 2.60 bits per heavy atom. The number of hydrogen-bond acceptors (Lipinski definition) is 10. The Kier molecular flexibility index (Phi) is 9.71. The number of aryl methyl sites for hydroxylation is 1. The van der Waals surface area contributed by atoms with Crippen molar-refractivity contribution in [1.29, 1.82) is 0 Å². The number of methoxy groups -OCH3 is 1. The van der Waals surface area contributed by atoms with Gasteiger partial charge in [0.05, 0.1) is 24.6 Å². The summed E-state index contributed by atoms with van der Waals surface area (Å²) in [6.45, 7) is 8.60. The molecule has 0 spiro atoms. The maximum absolute atomic E-state index is 13.1. The van der Waals surface area contributed by atoms with Crippen LogP contribution in [0.3, 0.4) is 0 Å². The molecule has 4 rings (SSSR count). The average Bonchev–Trinajstić information content (AvgIpc) is 3.31. The summed E-state index contributed by atoms with van der Waals surface area (Å²) in [6.07, 6.45) is 6.19. The van der Waals surface area contributed by atoms with E-state index in [9.17, 15) is 9.59 Å². The lowest BCUT2D eigenvalue weighted by Crippen LogP contribution is -2.30. The number of amides is 1. The summed E-state index contributed by atoms with van der Waals surface area (Å²) < 4.78 is 13.1. The van der Waals surface area contributed by atoms with Crippen molar-refractivity contribution >= 4 is 34.4 Å². The van der Waals surface area contributed by atoms with Crippen molar-refractivity contribution < 1.29 is 19.1 Å². The second-order valence-electron chi connectivity index (χ2n) is 10.7. The largest absolute Gasteiger partial charge is 0.481 e. The highest BCUT2D eigenvalue weighted by atomic mass is 16.5. The minimum absolute atomic E-state index is 0.213. The van der Waals surface area contributed by atoms with Gasteiger partial charge in [-0.1, -0.05) is 6.58 Å². The number of pyridine rings is 2. The van der Waals surface area contributed by atoms with Gasteiger partial charge in [0, 0.05) is 68.7 Å². The lowest BCUT2D eigenvalue weighted by molar-refractivity contribution is -0.111. The first-order valence-electron chi connectivity index (χ1n) is 13.9. The Hall–Kier alpha value is -4.84. The fraction of sp³-hybridized carbons (Fsp3) is 0.355. The minimum Gasteiger partial charge on any atom is -0.481 e. The summed E-state index contributed by atoms with van der Waals surface area (Å²) in [4.78, 5) is 48.1. The van der Waals surface area contributed by atoms with Crippen molar-refractivity contribution in [2.75, 3.05) is 51.6 Å². The molecule has 0 aromatic carbocycles. The molecule has 0 aliphatic rings. The standard InChI is InChI=1S/C31H38N8O4/c1-9-26(40)34-24-15-20(30(42-8)36-29(24)38(6)14-13-37(4)5)16-25-33-17-22(31(41)43-19(2)3)27(35-25)23-18-39(7)28-21(23)11-10-12-32-28/h9-12,15,17-19H,1,13-14,16H2,2-8H3,(H,34,40). The third-order valence-electron chi connectivity index (χ3n) is 6.66. The molecule has 0 aliphatic heterocycles. The number of ether oxygens (including phenoxy) is 2. The highest BCUT2D eigenvalue weighted by molar-refractivity contribution is 6.02. The first-order valence-corrected chi connectivity index (χ1v) is 13.9. The van der Waals surface area contributed by atoms with E-state index in [-0.39, 0.29) is 24.0 Å². The number of nitrogens with zero attached hydrogens (tertiary/aromatic N) is 7. The van der Waals surface area contributed by atoms with Gasteiger partial charge in [-0.3, -0.25) is 4.79 Å². The number of esters is 1. The number of nitrogens with one attached hydrogen (secondary N) is 1. The van der Waals surface area contributed by atoms with Crippen LogP contribution in [0.4, 0.5) is 11.5 Å². The number of likely N-dealkylation sites (N-methyl/N-ethyl adjacent to an activating group) is 2. The number of fused-ring (bicyclic) bond motifs is 1. The van der Waals surface area contributed by atoms with Crippen LogP contribution in [0.2, 0.25) is 0 Å². The predicted molar refractivity (Wildman–Crippen MR) is 167 cm³/mol. The van der Waals surface area contributed by atoms with E-state index in [2.05, 4.69) is 26.8 Å². The first kappa shape index (κ1) is 31.1. The topological polar surface area (TPSA) is 128 Å². The van der Waals surface area contributed by atoms with Gasteiger partial charge < -0.3 is 29.2 Å². The van der Waals surface area contributed by atoms with Crippen LogP contribution in [0.5, 0.6) is 5.88 Å². The summed E-state index contributed by atoms with van der Waals surface area (Å²) in [5, 5.41) is 3.71. The molecular weight excluding hydrogens is 548 g/mol. The number of rotatable bonds is 12. The van der Waals surface area contributed by atoms with Crippen LogP contribution in [0.1, 0.15) is 35.6 Å². The normalized spacial score (nSPS) is 11.2. The van der Waals surface area contributed by atoms with Gasteiger partial charge in [0.25, 0.3) is 0 Å². The lowest BCUT2D eigenvalue weighted by atomic mass is 10.1. The molecule has 0 saturated carbocycles. The maximum Gasteiger partial charge on any atom is 0.342 e. The van der Waals surface area contributed by atoms with Crippen LogP contribution in [0, 0.1) is 0 Å². The smallest absolute Gasteiger partial charge is 0.342 e. The van der Waals surface area contributed by atoms with Gasteiger partial charge in [0.1, 0.15) is 17.0 Å². The van der Waals surface area contributed by atoms with Crippen LogP contribution < -0.4 is 15.0 Å². The van der Waals surface area contributed by atoms with Gasteiger partial charge in [0.15, 0.2) is 5.82 Å². The number of carbonyl (C=O) groups excluding carboxylic acids is 2. The van der Waals surface area contributed by atoms with Crippen molar-refractivity contribution in [3.8, 4) is 17.1 Å². The molecule has 43 heavy (non-hydrogen) atoms. The Bertz CT molecular complexity index is 1650. The molecule has 1 amide bonds. The molecule has 4 aromatic heterocycles. The van der Waals surface area contributed by atoms with Crippen molar-refractivity contribution in [3.05, 3.63) is 66.4 Å². The molecule has 4 aromatic rings. The van der Waals surface area contributed by atoms with Crippen LogP contribution in [-0.2, 0) is 23.0 Å². The van der Waals surface area contributed by atoms with Crippen molar-refractivity contribution in [1.82, 2.24) is 29.4 Å². The van der Waals surface area contributed by atoms with Gasteiger partial charge in [-0.05, 0) is 52.2 Å². The Morgan fingerprint density at radius 1 is 1.16 bits per heavy atom. The van der Waals surface area contributed by atoms with E-state index in [1.165, 1.54) is 19.4 Å². The SMILES string of the molecule is C=CC(=O)Nc1cc(Cc2ncc(C(=O)OC(C)C)c(-c3cn(C)c4ncccc34)n2)c(OC)nc1N(C)CCN(C)C. The molecule has 0 saturated heterocycles. The Morgan fingerprint density at radius 2 is 1.93 bits per heavy atom. The van der Waals surface area contributed by atoms with E-state index in [0.717, 1.165) is 23.1 Å². The molecule has 0 unspecified atom stereocenters. The molecule has 4 heterocycles. The highest BCUT2D eigenvalue weighted by Gasteiger charge is 2.23. The maximum atomic E-state index is 13.1. The molecule has 0 fully saturated rings. The van der Waals surface area contributed by atoms with Gasteiger partial charge in [-0.25, -0.2) is 19.7 Å². The summed E-state index contributed by atoms with van der Waals surface area (Å²) in [7, 11) is 9.31. The number of aromatic nitrogens is 5. The summed E-state index contributed by atoms with van der Waals surface area (Å²) in [5.74, 6) is 0.458. The molecule has 226 valence electrons. The third kappa shape index (κ3) is 7.15. The van der Waals surface area contributed by atoms with Crippen molar-refractivity contribution in [2.45, 2.75) is 26.4 Å². The molecule has 12 heteroatoms. The van der Waals surface area contributed by atoms with Crippen LogP contribution in [-0.4, -0.2) is 88.7 Å². The van der Waals surface area contributed by atoms with Crippen molar-refractivity contribution in [3.63, 3.8) is 0 Å². The van der Waals surface area contributed by atoms with Gasteiger partial charge >= 0.3 is 5.97 Å². The zero-order chi connectivity index (χ0) is 31.3. The van der Waals surface area contributed by atoms with E-state index in [0.29, 0.717) is 41.0 Å². The quantitative estimate of drug-likeness (QED) is 0.194. The monoisotopic (exact) mass is 586 g/mol. The second-order valence-corrected chi connectivity index (χ2v) is 10.7. The summed E-state index contributed by atoms with van der Waals surface area (Å²) in [5.41, 5.74) is 3.31. The fourth-order valence-corrected chi connectivity index (χ4v) is 4.56. The van der Waals surface area contributed by atoms with Crippen LogP contribution in [0.25, 0.3) is 22.3 Å². The van der Waals surface area contributed by atoms with Crippen LogP contribution in [0.15, 0.2) is 49.4 Å². The molecule has 0 aliphatic carbocycles. The molecule has 1 N–H and O–H groups in total. The number of carbonyl (C=O) groups is 2. The molecular formula is C31H38N8O4. The molecule has 0 bridgehead atoms. The fourth-order valence-electron chi connectivity index (χ4n) is 4.56. The molecule has 0 radical (unpaired) electrons. The van der Waals surface area contributed by atoms with Crippen LogP contribution >= 0.6 is 0 Å². The highest BCUT2D eigenvalue weighted by Crippen LogP contribution is 2.33. The lowest BCUT2D eigenvalue weighted by Gasteiger charge is -2.24. The summed E-state index contributed by atoms with van der Waals surface area (Å²) in [6, 6.07) is 5.58. The van der Waals surface area contributed by atoms with Gasteiger partial charge in [-0.15, -0.1) is 0 Å². The van der Waals surface area contributed by atoms with E-state index in [4.69, 9.17) is 19.4 Å². The van der Waals surface area contributed by atoms with E-state index in [1.807, 2.05) is 56.0 Å².